The summed E-state index contributed by atoms with van der Waals surface area (Å²) < 4.78 is 12.4. The number of hydrogen-bond donors (Lipinski definition) is 1. The van der Waals surface area contributed by atoms with Crippen molar-refractivity contribution >= 4 is 0 Å². The van der Waals surface area contributed by atoms with Gasteiger partial charge in [-0.2, -0.15) is 0 Å². The fourth-order valence-corrected chi connectivity index (χ4v) is 1.13. The first-order valence-corrected chi connectivity index (χ1v) is 3.30. The first kappa shape index (κ1) is 6.96. The van der Waals surface area contributed by atoms with Crippen LogP contribution in [0.5, 0.6) is 0 Å². The number of likely N-dealkylation sites (tertiary alicyclic amines) is 1. The lowest BCUT2D eigenvalue weighted by Crippen LogP contribution is -2.24. The summed E-state index contributed by atoms with van der Waals surface area (Å²) >= 11 is 0. The van der Waals surface area contributed by atoms with Crippen molar-refractivity contribution in [1.29, 1.82) is 0 Å². The van der Waals surface area contributed by atoms with Crippen molar-refractivity contribution in [3.63, 3.8) is 0 Å². The van der Waals surface area contributed by atoms with Crippen LogP contribution in [0.2, 0.25) is 0 Å². The fourth-order valence-electron chi connectivity index (χ4n) is 1.13. The van der Waals surface area contributed by atoms with Gasteiger partial charge in [-0.3, -0.25) is 4.90 Å². The largest absolute Gasteiger partial charge is 0.395 e. The van der Waals surface area contributed by atoms with Crippen LogP contribution >= 0.6 is 0 Å². The van der Waals surface area contributed by atoms with E-state index in [2.05, 4.69) is 0 Å². The van der Waals surface area contributed by atoms with Gasteiger partial charge in [-0.05, 0) is 6.42 Å². The number of aliphatic hydroxyl groups excluding tert-OH is 1. The first-order chi connectivity index (χ1) is 4.33. The third-order valence-electron chi connectivity index (χ3n) is 1.63. The molecule has 1 aliphatic rings. The van der Waals surface area contributed by atoms with Gasteiger partial charge in [-0.25, -0.2) is 4.39 Å². The maximum absolute atomic E-state index is 12.4. The second kappa shape index (κ2) is 3.13. The molecule has 2 nitrogen and oxygen atoms in total. The van der Waals surface area contributed by atoms with Gasteiger partial charge < -0.3 is 5.11 Å². The zero-order valence-electron chi connectivity index (χ0n) is 5.39. The third-order valence-corrected chi connectivity index (χ3v) is 1.63. The summed E-state index contributed by atoms with van der Waals surface area (Å²) in [5.74, 6) is 0. The molecule has 3 heteroatoms. The van der Waals surface area contributed by atoms with Crippen molar-refractivity contribution < 1.29 is 9.50 Å². The quantitative estimate of drug-likeness (QED) is 0.574. The minimum atomic E-state index is -0.656. The molecule has 0 spiro atoms. The molecule has 1 fully saturated rings. The van der Waals surface area contributed by atoms with Gasteiger partial charge in [-0.15, -0.1) is 0 Å². The Morgan fingerprint density at radius 3 is 2.89 bits per heavy atom. The minimum Gasteiger partial charge on any atom is -0.395 e. The van der Waals surface area contributed by atoms with Crippen molar-refractivity contribution in [3.05, 3.63) is 0 Å². The number of aliphatic hydroxyl groups is 1. The van der Waals surface area contributed by atoms with E-state index in [1.54, 1.807) is 0 Å². The van der Waals surface area contributed by atoms with Gasteiger partial charge in [0.1, 0.15) is 6.17 Å². The minimum absolute atomic E-state index is 0.146. The molecule has 1 N–H and O–H groups in total. The van der Waals surface area contributed by atoms with E-state index in [1.165, 1.54) is 0 Å². The third kappa shape index (κ3) is 1.91. The summed E-state index contributed by atoms with van der Waals surface area (Å²) in [6, 6.07) is 0. The molecule has 1 heterocycles. The Kier molecular flexibility index (Phi) is 2.42. The molecule has 0 unspecified atom stereocenters. The Morgan fingerprint density at radius 1 is 1.67 bits per heavy atom. The lowest BCUT2D eigenvalue weighted by Gasteiger charge is -2.10. The van der Waals surface area contributed by atoms with E-state index in [-0.39, 0.29) is 6.61 Å². The van der Waals surface area contributed by atoms with E-state index in [0.29, 0.717) is 19.5 Å². The molecule has 1 rings (SSSR count). The molecule has 0 bridgehead atoms. The van der Waals surface area contributed by atoms with Crippen molar-refractivity contribution in [2.24, 2.45) is 0 Å². The van der Waals surface area contributed by atoms with E-state index < -0.39 is 6.17 Å². The van der Waals surface area contributed by atoms with Crippen molar-refractivity contribution in [1.82, 2.24) is 4.90 Å². The summed E-state index contributed by atoms with van der Waals surface area (Å²) in [4.78, 5) is 1.94. The molecule has 9 heavy (non-hydrogen) atoms. The van der Waals surface area contributed by atoms with Gasteiger partial charge in [0.05, 0.1) is 6.61 Å². The smallest absolute Gasteiger partial charge is 0.114 e. The lowest BCUT2D eigenvalue weighted by molar-refractivity contribution is 0.211. The first-order valence-electron chi connectivity index (χ1n) is 3.30. The molecular formula is C6H12FNO. The van der Waals surface area contributed by atoms with E-state index in [1.807, 2.05) is 4.90 Å². The summed E-state index contributed by atoms with van der Waals surface area (Å²) in [6.45, 7) is 2.09. The van der Waals surface area contributed by atoms with Crippen LogP contribution < -0.4 is 0 Å². The molecule has 0 radical (unpaired) electrons. The number of alkyl halides is 1. The number of β-amino-alcohol motifs (C(OH)–C–C–N with tert-alkyl or cyclic N) is 1. The number of halogens is 1. The van der Waals surface area contributed by atoms with Crippen LogP contribution in [0.4, 0.5) is 4.39 Å². The molecule has 0 amide bonds. The summed E-state index contributed by atoms with van der Waals surface area (Å²) in [5.41, 5.74) is 0. The second-order valence-corrected chi connectivity index (χ2v) is 2.41. The highest BCUT2D eigenvalue weighted by Crippen LogP contribution is 2.10. The second-order valence-electron chi connectivity index (χ2n) is 2.41. The highest BCUT2D eigenvalue weighted by molar-refractivity contribution is 4.73. The molecule has 1 atom stereocenters. The van der Waals surface area contributed by atoms with Crippen LogP contribution in [0.3, 0.4) is 0 Å². The number of hydrogen-bond acceptors (Lipinski definition) is 2. The van der Waals surface area contributed by atoms with E-state index in [9.17, 15) is 4.39 Å². The van der Waals surface area contributed by atoms with Crippen LogP contribution in [0, 0.1) is 0 Å². The molecule has 54 valence electrons. The monoisotopic (exact) mass is 133 g/mol. The van der Waals surface area contributed by atoms with E-state index in [0.717, 1.165) is 6.54 Å². The molecule has 0 aromatic rings. The van der Waals surface area contributed by atoms with Crippen molar-refractivity contribution in [2.75, 3.05) is 26.2 Å². The molecule has 1 aliphatic heterocycles. The van der Waals surface area contributed by atoms with Crippen LogP contribution in [-0.4, -0.2) is 42.4 Å². The highest BCUT2D eigenvalue weighted by Gasteiger charge is 2.20. The average Bonchev–Trinajstić information content (AvgIpc) is 2.17. The molecule has 1 saturated heterocycles. The predicted octanol–water partition coefficient (Wildman–Crippen LogP) is 0.0225. The molecule has 0 aromatic heterocycles. The molecule has 0 aromatic carbocycles. The maximum Gasteiger partial charge on any atom is 0.114 e. The Bertz CT molecular complexity index is 87.1. The standard InChI is InChI=1S/C6H12FNO/c7-6-1-2-8(5-6)3-4-9/h6,9H,1-5H2/t6-/m1/s1. The fraction of sp³-hybridized carbons (Fsp3) is 1.00. The predicted molar refractivity (Wildman–Crippen MR) is 33.0 cm³/mol. The Hall–Kier alpha value is -0.150. The summed E-state index contributed by atoms with van der Waals surface area (Å²) in [6.07, 6.45) is -0.0171. The van der Waals surface area contributed by atoms with Gasteiger partial charge in [0.2, 0.25) is 0 Å². The Morgan fingerprint density at radius 2 is 2.44 bits per heavy atom. The van der Waals surface area contributed by atoms with Crippen LogP contribution in [0.1, 0.15) is 6.42 Å². The van der Waals surface area contributed by atoms with Gasteiger partial charge in [-0.1, -0.05) is 0 Å². The van der Waals surface area contributed by atoms with Crippen LogP contribution in [0.15, 0.2) is 0 Å². The summed E-state index contributed by atoms with van der Waals surface area (Å²) in [7, 11) is 0. The zero-order chi connectivity index (χ0) is 6.69. The molecular weight excluding hydrogens is 121 g/mol. The van der Waals surface area contributed by atoms with Gasteiger partial charge in [0.25, 0.3) is 0 Å². The van der Waals surface area contributed by atoms with Crippen molar-refractivity contribution in [2.45, 2.75) is 12.6 Å². The zero-order valence-corrected chi connectivity index (χ0v) is 5.39. The molecule has 0 saturated carbocycles. The normalized spacial score (nSPS) is 29.3. The van der Waals surface area contributed by atoms with E-state index in [4.69, 9.17) is 5.11 Å². The highest BCUT2D eigenvalue weighted by atomic mass is 19.1. The SMILES string of the molecule is OCCN1CC[C@@H](F)C1. The Labute approximate surface area is 54.3 Å². The van der Waals surface area contributed by atoms with Gasteiger partial charge >= 0.3 is 0 Å². The number of rotatable bonds is 2. The summed E-state index contributed by atoms with van der Waals surface area (Å²) in [5, 5.41) is 8.45. The number of nitrogens with zero attached hydrogens (tertiary/aromatic N) is 1. The maximum atomic E-state index is 12.4. The van der Waals surface area contributed by atoms with E-state index >= 15 is 0 Å². The average molecular weight is 133 g/mol. The van der Waals surface area contributed by atoms with Crippen LogP contribution in [-0.2, 0) is 0 Å². The van der Waals surface area contributed by atoms with Crippen LogP contribution in [0.25, 0.3) is 0 Å². The lowest BCUT2D eigenvalue weighted by atomic mass is 10.3. The van der Waals surface area contributed by atoms with Crippen molar-refractivity contribution in [3.8, 4) is 0 Å². The van der Waals surface area contributed by atoms with Gasteiger partial charge in [0.15, 0.2) is 0 Å². The van der Waals surface area contributed by atoms with Gasteiger partial charge in [0, 0.05) is 19.6 Å². The molecule has 0 aliphatic carbocycles. The topological polar surface area (TPSA) is 23.5 Å². The Balaban J connectivity index is 2.14.